The lowest BCUT2D eigenvalue weighted by Gasteiger charge is -2.25. The van der Waals surface area contributed by atoms with Crippen LogP contribution in [0.15, 0.2) is 16.7 Å². The number of furan rings is 1. The minimum Gasteiger partial charge on any atom is -0.467 e. The quantitative estimate of drug-likeness (QED) is 0.827. The summed E-state index contributed by atoms with van der Waals surface area (Å²) in [6.07, 6.45) is 4.01. The average molecular weight is 208 g/mol. The Balaban J connectivity index is 2.21. The smallest absolute Gasteiger partial charge is 0.125 e. The molecule has 3 heteroatoms. The summed E-state index contributed by atoms with van der Waals surface area (Å²) in [5, 5.41) is 0. The maximum atomic E-state index is 6.16. The highest BCUT2D eigenvalue weighted by atomic mass is 16.3. The summed E-state index contributed by atoms with van der Waals surface area (Å²) < 4.78 is 5.57. The molecule has 0 spiro atoms. The van der Waals surface area contributed by atoms with E-state index in [0.717, 1.165) is 25.3 Å². The molecular formula is C12H20N2O. The van der Waals surface area contributed by atoms with Gasteiger partial charge < -0.3 is 10.2 Å². The second-order valence-corrected chi connectivity index (χ2v) is 4.40. The molecule has 2 rings (SSSR count). The number of aryl methyl sites for hydroxylation is 1. The molecule has 2 N–H and O–H groups in total. The van der Waals surface area contributed by atoms with E-state index in [1.165, 1.54) is 12.0 Å². The maximum absolute atomic E-state index is 6.16. The molecule has 3 nitrogen and oxygen atoms in total. The Labute approximate surface area is 91.2 Å². The molecule has 15 heavy (non-hydrogen) atoms. The Morgan fingerprint density at radius 1 is 1.60 bits per heavy atom. The van der Waals surface area contributed by atoms with Crippen LogP contribution in [0.2, 0.25) is 0 Å². The van der Waals surface area contributed by atoms with Crippen molar-refractivity contribution in [2.75, 3.05) is 13.1 Å². The molecule has 0 radical (unpaired) electrons. The SMILES string of the molecule is CCCN1CCC(N)C1c1occc1C. The third-order valence-corrected chi connectivity index (χ3v) is 3.23. The summed E-state index contributed by atoms with van der Waals surface area (Å²) in [6, 6.07) is 2.53. The van der Waals surface area contributed by atoms with Gasteiger partial charge in [0, 0.05) is 12.6 Å². The Morgan fingerprint density at radius 2 is 2.40 bits per heavy atom. The van der Waals surface area contributed by atoms with Crippen molar-refractivity contribution < 1.29 is 4.42 Å². The highest BCUT2D eigenvalue weighted by Crippen LogP contribution is 2.33. The van der Waals surface area contributed by atoms with Gasteiger partial charge in [0.05, 0.1) is 12.3 Å². The molecule has 84 valence electrons. The van der Waals surface area contributed by atoms with Crippen LogP contribution in [0.3, 0.4) is 0 Å². The van der Waals surface area contributed by atoms with Crippen LogP contribution in [0.1, 0.15) is 37.1 Å². The van der Waals surface area contributed by atoms with Gasteiger partial charge >= 0.3 is 0 Å². The standard InChI is InChI=1S/C12H20N2O/c1-3-6-14-7-4-10(13)11(14)12-9(2)5-8-15-12/h5,8,10-11H,3-4,6-7,13H2,1-2H3. The number of nitrogens with zero attached hydrogens (tertiary/aromatic N) is 1. The number of nitrogens with two attached hydrogens (primary N) is 1. The summed E-state index contributed by atoms with van der Waals surface area (Å²) >= 11 is 0. The Hall–Kier alpha value is -0.800. The van der Waals surface area contributed by atoms with E-state index >= 15 is 0 Å². The zero-order valence-electron chi connectivity index (χ0n) is 9.57. The van der Waals surface area contributed by atoms with Crippen molar-refractivity contribution in [3.8, 4) is 0 Å². The predicted octanol–water partition coefficient (Wildman–Crippen LogP) is 2.07. The molecule has 1 aromatic heterocycles. The molecule has 2 atom stereocenters. The normalized spacial score (nSPS) is 27.4. The highest BCUT2D eigenvalue weighted by molar-refractivity contribution is 5.21. The monoisotopic (exact) mass is 208 g/mol. The summed E-state index contributed by atoms with van der Waals surface area (Å²) in [6.45, 7) is 6.50. The van der Waals surface area contributed by atoms with E-state index in [0.29, 0.717) is 6.04 Å². The second-order valence-electron chi connectivity index (χ2n) is 4.40. The molecule has 1 fully saturated rings. The van der Waals surface area contributed by atoms with E-state index in [1.54, 1.807) is 6.26 Å². The van der Waals surface area contributed by atoms with Crippen LogP contribution < -0.4 is 5.73 Å². The van der Waals surface area contributed by atoms with Crippen molar-refractivity contribution in [2.45, 2.75) is 38.8 Å². The van der Waals surface area contributed by atoms with Gasteiger partial charge in [-0.2, -0.15) is 0 Å². The largest absolute Gasteiger partial charge is 0.467 e. The minimum absolute atomic E-state index is 0.224. The van der Waals surface area contributed by atoms with Gasteiger partial charge in [0.1, 0.15) is 5.76 Å². The Bertz CT molecular complexity index is 319. The van der Waals surface area contributed by atoms with Gasteiger partial charge in [-0.05, 0) is 37.9 Å². The molecule has 0 amide bonds. The van der Waals surface area contributed by atoms with E-state index in [4.69, 9.17) is 10.2 Å². The molecular weight excluding hydrogens is 188 g/mol. The van der Waals surface area contributed by atoms with Gasteiger partial charge in [-0.3, -0.25) is 4.90 Å². The summed E-state index contributed by atoms with van der Waals surface area (Å²) in [4.78, 5) is 2.44. The van der Waals surface area contributed by atoms with Crippen LogP contribution in [0, 0.1) is 6.92 Å². The third kappa shape index (κ3) is 1.94. The van der Waals surface area contributed by atoms with Crippen molar-refractivity contribution in [1.82, 2.24) is 4.90 Å². The zero-order valence-corrected chi connectivity index (χ0v) is 9.57. The average Bonchev–Trinajstić information content (AvgIpc) is 2.75. The fourth-order valence-corrected chi connectivity index (χ4v) is 2.47. The number of hydrogen-bond donors (Lipinski definition) is 1. The maximum Gasteiger partial charge on any atom is 0.125 e. The number of likely N-dealkylation sites (tertiary alicyclic amines) is 1. The first kappa shape index (κ1) is 10.7. The van der Waals surface area contributed by atoms with E-state index in [2.05, 4.69) is 18.7 Å². The highest BCUT2D eigenvalue weighted by Gasteiger charge is 2.35. The molecule has 1 aliphatic heterocycles. The first-order valence-electron chi connectivity index (χ1n) is 5.77. The number of hydrogen-bond acceptors (Lipinski definition) is 3. The molecule has 2 heterocycles. The molecule has 1 aliphatic rings. The van der Waals surface area contributed by atoms with Crippen molar-refractivity contribution in [2.24, 2.45) is 5.73 Å². The zero-order chi connectivity index (χ0) is 10.8. The van der Waals surface area contributed by atoms with Crippen LogP contribution in [0.4, 0.5) is 0 Å². The fourth-order valence-electron chi connectivity index (χ4n) is 2.47. The molecule has 1 aromatic rings. The van der Waals surface area contributed by atoms with Crippen LogP contribution in [-0.4, -0.2) is 24.0 Å². The third-order valence-electron chi connectivity index (χ3n) is 3.23. The second kappa shape index (κ2) is 4.37. The topological polar surface area (TPSA) is 42.4 Å². The van der Waals surface area contributed by atoms with Crippen molar-refractivity contribution >= 4 is 0 Å². The van der Waals surface area contributed by atoms with Crippen molar-refractivity contribution in [3.05, 3.63) is 23.7 Å². The van der Waals surface area contributed by atoms with Crippen molar-refractivity contribution in [3.63, 3.8) is 0 Å². The van der Waals surface area contributed by atoms with Gasteiger partial charge in [0.25, 0.3) is 0 Å². The minimum atomic E-state index is 0.224. The van der Waals surface area contributed by atoms with E-state index in [-0.39, 0.29) is 6.04 Å². The van der Waals surface area contributed by atoms with Crippen molar-refractivity contribution in [1.29, 1.82) is 0 Å². The van der Waals surface area contributed by atoms with E-state index in [9.17, 15) is 0 Å². The van der Waals surface area contributed by atoms with Crippen LogP contribution in [0.25, 0.3) is 0 Å². The fraction of sp³-hybridized carbons (Fsp3) is 0.667. The lowest BCUT2D eigenvalue weighted by Crippen LogP contribution is -2.32. The van der Waals surface area contributed by atoms with Gasteiger partial charge in [-0.15, -0.1) is 0 Å². The van der Waals surface area contributed by atoms with Crippen LogP contribution in [0.5, 0.6) is 0 Å². The van der Waals surface area contributed by atoms with Gasteiger partial charge in [0.15, 0.2) is 0 Å². The van der Waals surface area contributed by atoms with Crippen LogP contribution in [-0.2, 0) is 0 Å². The Kier molecular flexibility index (Phi) is 3.12. The summed E-state index contributed by atoms with van der Waals surface area (Å²) in [5.41, 5.74) is 7.38. The molecule has 0 saturated carbocycles. The van der Waals surface area contributed by atoms with Crippen LogP contribution >= 0.6 is 0 Å². The van der Waals surface area contributed by atoms with Gasteiger partial charge in [0.2, 0.25) is 0 Å². The summed E-state index contributed by atoms with van der Waals surface area (Å²) in [7, 11) is 0. The van der Waals surface area contributed by atoms with Gasteiger partial charge in [-0.1, -0.05) is 6.92 Å². The molecule has 0 bridgehead atoms. The number of rotatable bonds is 3. The first-order valence-corrected chi connectivity index (χ1v) is 5.77. The van der Waals surface area contributed by atoms with Gasteiger partial charge in [-0.25, -0.2) is 0 Å². The first-order chi connectivity index (χ1) is 7.24. The molecule has 0 aliphatic carbocycles. The van der Waals surface area contributed by atoms with E-state index in [1.807, 2.05) is 6.07 Å². The van der Waals surface area contributed by atoms with E-state index < -0.39 is 0 Å². The lowest BCUT2D eigenvalue weighted by atomic mass is 10.0. The molecule has 0 aromatic carbocycles. The predicted molar refractivity (Wildman–Crippen MR) is 60.6 cm³/mol. The molecule has 1 saturated heterocycles. The lowest BCUT2D eigenvalue weighted by molar-refractivity contribution is 0.218. The Morgan fingerprint density at radius 3 is 3.00 bits per heavy atom. The summed E-state index contributed by atoms with van der Waals surface area (Å²) in [5.74, 6) is 1.06. The molecule has 2 unspecified atom stereocenters.